The van der Waals surface area contributed by atoms with Crippen LogP contribution in [0.2, 0.25) is 5.02 Å². The van der Waals surface area contributed by atoms with E-state index >= 15 is 0 Å². The molecule has 11 heteroatoms. The van der Waals surface area contributed by atoms with Crippen molar-refractivity contribution in [3.63, 3.8) is 0 Å². The number of anilines is 2. The van der Waals surface area contributed by atoms with Crippen LogP contribution in [0.25, 0.3) is 0 Å². The number of rotatable bonds is 7. The quantitative estimate of drug-likeness (QED) is 0.216. The van der Waals surface area contributed by atoms with Crippen molar-refractivity contribution in [3.8, 4) is 0 Å². The van der Waals surface area contributed by atoms with E-state index in [1.165, 1.54) is 23.7 Å². The molecule has 2 fully saturated rings. The molecule has 38 heavy (non-hydrogen) atoms. The summed E-state index contributed by atoms with van der Waals surface area (Å²) in [5.41, 5.74) is 1.08. The van der Waals surface area contributed by atoms with E-state index in [4.69, 9.17) is 38.5 Å². The predicted molar refractivity (Wildman–Crippen MR) is 156 cm³/mol. The lowest BCUT2D eigenvalue weighted by Gasteiger charge is -2.38. The number of halogens is 1. The first-order chi connectivity index (χ1) is 18.5. The van der Waals surface area contributed by atoms with Gasteiger partial charge in [-0.1, -0.05) is 23.7 Å². The van der Waals surface area contributed by atoms with E-state index in [1.54, 1.807) is 18.5 Å². The average molecular weight is 570 g/mol. The molecule has 5 rings (SSSR count). The zero-order valence-corrected chi connectivity index (χ0v) is 23.8. The number of nitrogens with one attached hydrogen (secondary N) is 2. The van der Waals surface area contributed by atoms with Gasteiger partial charge in [-0.05, 0) is 86.8 Å². The summed E-state index contributed by atoms with van der Waals surface area (Å²) in [6.45, 7) is 5.28. The summed E-state index contributed by atoms with van der Waals surface area (Å²) in [4.78, 5) is 20.6. The summed E-state index contributed by atoms with van der Waals surface area (Å²) >= 11 is 13.5. The summed E-state index contributed by atoms with van der Waals surface area (Å²) in [5, 5.41) is 9.30. The van der Waals surface area contributed by atoms with E-state index in [0.29, 0.717) is 42.0 Å². The Morgan fingerprint density at radius 2 is 1.97 bits per heavy atom. The van der Waals surface area contributed by atoms with Crippen LogP contribution in [0, 0.1) is 0 Å². The molecule has 2 N–H and O–H groups in total. The van der Waals surface area contributed by atoms with Gasteiger partial charge in [-0.15, -0.1) is 0 Å². The minimum atomic E-state index is -0.119. The molecule has 0 unspecified atom stereocenters. The molecule has 1 atom stereocenters. The second-order valence-corrected chi connectivity index (χ2v) is 11.6. The summed E-state index contributed by atoms with van der Waals surface area (Å²) in [7, 11) is 0. The Kier molecular flexibility index (Phi) is 8.93. The van der Waals surface area contributed by atoms with E-state index in [0.717, 1.165) is 48.1 Å². The smallest absolute Gasteiger partial charge is 0.232 e. The number of hydrogen-bond donors (Lipinski definition) is 2. The van der Waals surface area contributed by atoms with Crippen LogP contribution in [0.5, 0.6) is 0 Å². The summed E-state index contributed by atoms with van der Waals surface area (Å²) in [5.74, 6) is 1.34. The molecular weight excluding hydrogens is 538 g/mol. The zero-order chi connectivity index (χ0) is 26.4. The molecule has 1 aromatic carbocycles. The lowest BCUT2D eigenvalue weighted by molar-refractivity contribution is 0.0515. The molecule has 4 heterocycles. The zero-order valence-electron chi connectivity index (χ0n) is 21.4. The van der Waals surface area contributed by atoms with Crippen molar-refractivity contribution >= 4 is 52.5 Å². The largest absolute Gasteiger partial charge is 0.381 e. The first-order valence-electron chi connectivity index (χ1n) is 13.0. The molecule has 0 spiro atoms. The highest BCUT2D eigenvalue weighted by molar-refractivity contribution is 7.99. The number of ether oxygens (including phenoxy) is 1. The maximum absolute atomic E-state index is 6.34. The van der Waals surface area contributed by atoms with Crippen molar-refractivity contribution < 1.29 is 4.74 Å². The van der Waals surface area contributed by atoms with Crippen molar-refractivity contribution in [1.82, 2.24) is 25.3 Å². The average Bonchev–Trinajstić information content (AvgIpc) is 2.93. The van der Waals surface area contributed by atoms with Crippen molar-refractivity contribution in [3.05, 3.63) is 59.4 Å². The van der Waals surface area contributed by atoms with Gasteiger partial charge in [0, 0.05) is 61.2 Å². The summed E-state index contributed by atoms with van der Waals surface area (Å²) in [6.07, 6.45) is 8.77. The van der Waals surface area contributed by atoms with E-state index in [-0.39, 0.29) is 5.41 Å². The van der Waals surface area contributed by atoms with Crippen molar-refractivity contribution in [1.29, 1.82) is 0 Å². The molecule has 0 radical (unpaired) electrons. The van der Waals surface area contributed by atoms with Gasteiger partial charge in [-0.2, -0.15) is 4.98 Å². The van der Waals surface area contributed by atoms with Crippen LogP contribution in [0.3, 0.4) is 0 Å². The molecular formula is C27H32ClN7OS2. The molecule has 2 aliphatic rings. The minimum Gasteiger partial charge on any atom is -0.381 e. The van der Waals surface area contributed by atoms with Crippen molar-refractivity contribution in [2.75, 3.05) is 36.5 Å². The summed E-state index contributed by atoms with van der Waals surface area (Å²) in [6, 6.07) is 12.3. The molecule has 0 saturated carbocycles. The van der Waals surface area contributed by atoms with E-state index < -0.39 is 0 Å². The molecule has 0 bridgehead atoms. The topological polar surface area (TPSA) is 88.1 Å². The second kappa shape index (κ2) is 12.5. The lowest BCUT2D eigenvalue weighted by atomic mass is 9.74. The van der Waals surface area contributed by atoms with Crippen molar-refractivity contribution in [2.45, 2.75) is 60.7 Å². The van der Waals surface area contributed by atoms with Gasteiger partial charge in [0.2, 0.25) is 5.95 Å². The van der Waals surface area contributed by atoms with Crippen LogP contribution in [-0.2, 0) is 10.2 Å². The number of nitrogens with zero attached hydrogens (tertiary/aromatic N) is 5. The van der Waals surface area contributed by atoms with Gasteiger partial charge in [-0.25, -0.2) is 15.0 Å². The molecule has 3 aromatic rings. The fourth-order valence-corrected chi connectivity index (χ4v) is 6.15. The standard InChI is InChI=1S/C27H32ClN7OS2/c1-19-6-2-3-13-35(19)22-17-23(38-26-29-11-5-12-30-26)33-24(32-22)34-25(37)31-18-27(9-14-36-15-10-27)20-7-4-8-21(28)16-20/h4-5,7-8,11-12,16-17,19H,2-3,6,9-10,13-15,18H2,1H3,(H2,31,32,33,34,37)/t19-/m1/s1. The molecule has 2 aromatic heterocycles. The van der Waals surface area contributed by atoms with Gasteiger partial charge in [0.1, 0.15) is 10.8 Å². The van der Waals surface area contributed by atoms with E-state index in [9.17, 15) is 0 Å². The highest BCUT2D eigenvalue weighted by Gasteiger charge is 2.35. The number of piperidine rings is 1. The van der Waals surface area contributed by atoms with Crippen LogP contribution in [-0.4, -0.2) is 57.4 Å². The highest BCUT2D eigenvalue weighted by Crippen LogP contribution is 2.35. The third-order valence-corrected chi connectivity index (χ3v) is 8.52. The Balaban J connectivity index is 1.34. The van der Waals surface area contributed by atoms with Crippen LogP contribution in [0.4, 0.5) is 11.8 Å². The highest BCUT2D eigenvalue weighted by atomic mass is 35.5. The van der Waals surface area contributed by atoms with Crippen molar-refractivity contribution in [2.24, 2.45) is 0 Å². The number of benzene rings is 1. The third-order valence-electron chi connectivity index (χ3n) is 7.22. The Hall–Kier alpha value is -2.53. The fraction of sp³-hybridized carbons (Fsp3) is 0.444. The van der Waals surface area contributed by atoms with Gasteiger partial charge in [0.25, 0.3) is 0 Å². The number of hydrogen-bond acceptors (Lipinski definition) is 8. The Morgan fingerprint density at radius 3 is 2.74 bits per heavy atom. The van der Waals surface area contributed by atoms with E-state index in [2.05, 4.69) is 38.5 Å². The van der Waals surface area contributed by atoms with E-state index in [1.807, 2.05) is 24.3 Å². The Bertz CT molecular complexity index is 1240. The minimum absolute atomic E-state index is 0.119. The van der Waals surface area contributed by atoms with Gasteiger partial charge in [0.05, 0.1) is 0 Å². The van der Waals surface area contributed by atoms with Crippen LogP contribution >= 0.6 is 35.6 Å². The molecule has 0 aliphatic carbocycles. The van der Waals surface area contributed by atoms with Crippen LogP contribution in [0.15, 0.2) is 59.0 Å². The lowest BCUT2D eigenvalue weighted by Crippen LogP contribution is -2.45. The Morgan fingerprint density at radius 1 is 1.16 bits per heavy atom. The Labute approximate surface area is 238 Å². The number of aromatic nitrogens is 4. The second-order valence-electron chi connectivity index (χ2n) is 9.77. The molecule has 8 nitrogen and oxygen atoms in total. The SMILES string of the molecule is C[C@@H]1CCCCN1c1cc(Sc2ncccn2)nc(NC(=S)NCC2(c3cccc(Cl)c3)CCOCC2)n1. The monoisotopic (exact) mass is 569 g/mol. The van der Waals surface area contributed by atoms with Crippen LogP contribution < -0.4 is 15.5 Å². The first-order valence-corrected chi connectivity index (χ1v) is 14.6. The first kappa shape index (κ1) is 27.1. The fourth-order valence-electron chi connectivity index (χ4n) is 5.08. The maximum atomic E-state index is 6.34. The van der Waals surface area contributed by atoms with Gasteiger partial charge >= 0.3 is 0 Å². The maximum Gasteiger partial charge on any atom is 0.232 e. The normalized spacial score (nSPS) is 19.1. The summed E-state index contributed by atoms with van der Waals surface area (Å²) < 4.78 is 5.67. The van der Waals surface area contributed by atoms with Gasteiger partial charge in [-0.3, -0.25) is 0 Å². The third kappa shape index (κ3) is 6.72. The van der Waals surface area contributed by atoms with Crippen LogP contribution in [0.1, 0.15) is 44.6 Å². The predicted octanol–water partition coefficient (Wildman–Crippen LogP) is 5.48. The molecule has 200 valence electrons. The molecule has 2 saturated heterocycles. The molecule has 2 aliphatic heterocycles. The number of thiocarbonyl (C=S) groups is 1. The molecule has 0 amide bonds. The van der Waals surface area contributed by atoms with Gasteiger partial charge < -0.3 is 20.3 Å². The van der Waals surface area contributed by atoms with Gasteiger partial charge in [0.15, 0.2) is 10.3 Å².